The maximum absolute atomic E-state index is 13.2. The van der Waals surface area contributed by atoms with Crippen LogP contribution in [0.15, 0.2) is 48.8 Å². The highest BCUT2D eigenvalue weighted by molar-refractivity contribution is 6.23. The molecule has 1 aromatic heterocycles. The van der Waals surface area contributed by atoms with Crippen LogP contribution in [0.3, 0.4) is 0 Å². The van der Waals surface area contributed by atoms with E-state index in [-0.39, 0.29) is 35.8 Å². The minimum atomic E-state index is -1.08. The van der Waals surface area contributed by atoms with Gasteiger partial charge in [-0.05, 0) is 56.7 Å². The molecule has 12 nitrogen and oxygen atoms in total. The van der Waals surface area contributed by atoms with E-state index in [9.17, 15) is 24.0 Å². The number of anilines is 2. The van der Waals surface area contributed by atoms with E-state index in [0.717, 1.165) is 10.6 Å². The molecule has 3 aliphatic heterocycles. The quantitative estimate of drug-likeness (QED) is 0.327. The Hall–Kier alpha value is -6.19. The van der Waals surface area contributed by atoms with Crippen molar-refractivity contribution >= 4 is 40.9 Å². The van der Waals surface area contributed by atoms with Crippen molar-refractivity contribution in [2.75, 3.05) is 23.3 Å². The number of nitriles is 1. The van der Waals surface area contributed by atoms with Gasteiger partial charge in [-0.25, -0.2) is 0 Å². The van der Waals surface area contributed by atoms with Crippen molar-refractivity contribution in [3.05, 3.63) is 76.6 Å². The van der Waals surface area contributed by atoms with Crippen molar-refractivity contribution < 1.29 is 24.0 Å². The first-order valence-electron chi connectivity index (χ1n) is 14.5. The van der Waals surface area contributed by atoms with Crippen LogP contribution in [-0.2, 0) is 19.9 Å². The Kier molecular flexibility index (Phi) is 7.39. The van der Waals surface area contributed by atoms with Gasteiger partial charge < -0.3 is 10.2 Å². The highest BCUT2D eigenvalue weighted by Gasteiger charge is 2.45. The van der Waals surface area contributed by atoms with Gasteiger partial charge in [0.15, 0.2) is 0 Å². The zero-order valence-electron chi connectivity index (χ0n) is 25.0. The number of carbonyl (C=O) groups excluding carboxylic acids is 5. The number of hydrogen-bond acceptors (Lipinski definition) is 8. The van der Waals surface area contributed by atoms with Gasteiger partial charge in [-0.3, -0.25) is 38.9 Å². The summed E-state index contributed by atoms with van der Waals surface area (Å²) in [5.74, 6) is 6.38. The predicted octanol–water partition coefficient (Wildman–Crippen LogP) is 2.00. The highest BCUT2D eigenvalue weighted by Crippen LogP contribution is 2.33. The molecule has 2 aromatic carbocycles. The van der Waals surface area contributed by atoms with Gasteiger partial charge in [0, 0.05) is 37.0 Å². The normalized spacial score (nSPS) is 17.7. The Bertz CT molecular complexity index is 2000. The van der Waals surface area contributed by atoms with Gasteiger partial charge in [-0.15, -0.1) is 6.42 Å². The standard InChI is InChI=1S/C34H27N7O5/c1-4-23-13-20(15-35)7-10-27(23)37-33(46)34(2,3)40-19-21(16-36-40)5-6-22-17-39(18-22)24-8-9-25-26(14-24)32(45)41(31(25)44)28-11-12-29(42)38-30(28)43/h1,7-10,13-14,16,19,22,28H,11-12,17-18H2,2-3H3,(H,37,46)(H,38,42,43). The van der Waals surface area contributed by atoms with Crippen molar-refractivity contribution in [2.45, 2.75) is 38.3 Å². The summed E-state index contributed by atoms with van der Waals surface area (Å²) in [6.07, 6.45) is 9.01. The summed E-state index contributed by atoms with van der Waals surface area (Å²) in [6.45, 7) is 4.65. The number of aromatic nitrogens is 2. The largest absolute Gasteiger partial charge is 0.369 e. The maximum atomic E-state index is 13.2. The van der Waals surface area contributed by atoms with Crippen LogP contribution in [0.25, 0.3) is 0 Å². The fourth-order valence-corrected chi connectivity index (χ4v) is 5.54. The molecule has 2 N–H and O–H groups in total. The summed E-state index contributed by atoms with van der Waals surface area (Å²) in [7, 11) is 0. The molecule has 5 amide bonds. The van der Waals surface area contributed by atoms with Crippen LogP contribution >= 0.6 is 0 Å². The minimum Gasteiger partial charge on any atom is -0.369 e. The number of piperidine rings is 1. The monoisotopic (exact) mass is 613 g/mol. The molecule has 4 heterocycles. The van der Waals surface area contributed by atoms with E-state index in [1.54, 1.807) is 56.6 Å². The first kappa shape index (κ1) is 29.9. The average Bonchev–Trinajstić information content (AvgIpc) is 3.59. The zero-order valence-corrected chi connectivity index (χ0v) is 25.0. The van der Waals surface area contributed by atoms with Crippen LogP contribution < -0.4 is 15.5 Å². The number of benzene rings is 2. The molecule has 46 heavy (non-hydrogen) atoms. The lowest BCUT2D eigenvalue weighted by Crippen LogP contribution is -2.54. The van der Waals surface area contributed by atoms with Gasteiger partial charge in [0.2, 0.25) is 11.8 Å². The number of rotatable bonds is 5. The number of imide groups is 2. The second kappa shape index (κ2) is 11.4. The van der Waals surface area contributed by atoms with Crippen LogP contribution in [0.4, 0.5) is 11.4 Å². The van der Waals surface area contributed by atoms with Gasteiger partial charge in [0.1, 0.15) is 11.6 Å². The lowest BCUT2D eigenvalue weighted by molar-refractivity contribution is -0.136. The van der Waals surface area contributed by atoms with Gasteiger partial charge in [0.05, 0.1) is 46.1 Å². The second-order valence-corrected chi connectivity index (χ2v) is 11.8. The van der Waals surface area contributed by atoms with Crippen LogP contribution in [0.1, 0.15) is 64.1 Å². The number of terminal acetylenes is 1. The van der Waals surface area contributed by atoms with Crippen LogP contribution in [0.2, 0.25) is 0 Å². The third-order valence-electron chi connectivity index (χ3n) is 8.35. The van der Waals surface area contributed by atoms with Gasteiger partial charge in [-0.1, -0.05) is 17.8 Å². The van der Waals surface area contributed by atoms with Crippen molar-refractivity contribution in [2.24, 2.45) is 5.92 Å². The fourth-order valence-electron chi connectivity index (χ4n) is 5.54. The molecule has 2 saturated heterocycles. The maximum Gasteiger partial charge on any atom is 0.262 e. The van der Waals surface area contributed by atoms with Gasteiger partial charge in [-0.2, -0.15) is 10.4 Å². The van der Waals surface area contributed by atoms with E-state index >= 15 is 0 Å². The lowest BCUT2D eigenvalue weighted by atomic mass is 9.98. The van der Waals surface area contributed by atoms with E-state index < -0.39 is 35.2 Å². The summed E-state index contributed by atoms with van der Waals surface area (Å²) in [4.78, 5) is 66.1. The Morgan fingerprint density at radius 1 is 1.07 bits per heavy atom. The second-order valence-electron chi connectivity index (χ2n) is 11.8. The summed E-state index contributed by atoms with van der Waals surface area (Å²) in [5, 5.41) is 18.5. The van der Waals surface area contributed by atoms with Crippen LogP contribution in [-0.4, -0.2) is 63.3 Å². The molecule has 6 rings (SSSR count). The number of fused-ring (bicyclic) bond motifs is 1. The molecule has 228 valence electrons. The van der Waals surface area contributed by atoms with Crippen molar-refractivity contribution in [3.63, 3.8) is 0 Å². The van der Waals surface area contributed by atoms with Crippen LogP contribution in [0.5, 0.6) is 0 Å². The Morgan fingerprint density at radius 2 is 1.83 bits per heavy atom. The SMILES string of the molecule is C#Cc1cc(C#N)ccc1NC(=O)C(C)(C)n1cc(C#CC2CN(c3ccc4c(c3)C(=O)N(C3CCC(=O)NC3=O)C4=O)C2)cn1. The molecule has 0 saturated carbocycles. The first-order chi connectivity index (χ1) is 22.0. The number of nitrogens with zero attached hydrogens (tertiary/aromatic N) is 5. The van der Waals surface area contributed by atoms with Gasteiger partial charge in [0.25, 0.3) is 17.7 Å². The molecule has 3 aromatic rings. The smallest absolute Gasteiger partial charge is 0.262 e. The van der Waals surface area contributed by atoms with Gasteiger partial charge >= 0.3 is 0 Å². The van der Waals surface area contributed by atoms with Crippen molar-refractivity contribution in [3.8, 4) is 30.3 Å². The molecule has 0 bridgehead atoms. The van der Waals surface area contributed by atoms with E-state index in [2.05, 4.69) is 33.5 Å². The predicted molar refractivity (Wildman–Crippen MR) is 165 cm³/mol. The third kappa shape index (κ3) is 5.25. The van der Waals surface area contributed by atoms with E-state index in [4.69, 9.17) is 11.7 Å². The number of nitrogens with one attached hydrogen (secondary N) is 2. The summed E-state index contributed by atoms with van der Waals surface area (Å²) < 4.78 is 1.53. The molecule has 1 unspecified atom stereocenters. The summed E-state index contributed by atoms with van der Waals surface area (Å²) >= 11 is 0. The van der Waals surface area contributed by atoms with E-state index in [1.807, 2.05) is 11.0 Å². The molecule has 0 spiro atoms. The summed E-state index contributed by atoms with van der Waals surface area (Å²) in [5.41, 5.74) is 2.01. The molecule has 2 fully saturated rings. The van der Waals surface area contributed by atoms with Crippen molar-refractivity contribution in [1.82, 2.24) is 20.0 Å². The van der Waals surface area contributed by atoms with E-state index in [0.29, 0.717) is 35.5 Å². The minimum absolute atomic E-state index is 0.0452. The Morgan fingerprint density at radius 3 is 2.54 bits per heavy atom. The molecular formula is C34H27N7O5. The highest BCUT2D eigenvalue weighted by atomic mass is 16.2. The van der Waals surface area contributed by atoms with Crippen LogP contribution in [0, 0.1) is 41.4 Å². The zero-order chi connectivity index (χ0) is 32.7. The summed E-state index contributed by atoms with van der Waals surface area (Å²) in [6, 6.07) is 10.7. The average molecular weight is 614 g/mol. The molecule has 1 atom stereocenters. The molecule has 0 aliphatic carbocycles. The topological polar surface area (TPSA) is 158 Å². The fraction of sp³-hybridized carbons (Fsp3) is 0.265. The lowest BCUT2D eigenvalue weighted by Gasteiger charge is -2.38. The van der Waals surface area contributed by atoms with Crippen molar-refractivity contribution in [1.29, 1.82) is 5.26 Å². The Labute approximate surface area is 264 Å². The third-order valence-corrected chi connectivity index (χ3v) is 8.35. The molecule has 12 heteroatoms. The molecule has 0 radical (unpaired) electrons. The molecule has 3 aliphatic rings. The van der Waals surface area contributed by atoms with E-state index in [1.165, 1.54) is 10.7 Å². The number of amides is 5. The number of carbonyl (C=O) groups is 5. The first-order valence-corrected chi connectivity index (χ1v) is 14.5. The number of hydrogen-bond donors (Lipinski definition) is 2. The molecular weight excluding hydrogens is 586 g/mol. The Balaban J connectivity index is 1.08.